The highest BCUT2D eigenvalue weighted by molar-refractivity contribution is 7.87. The maximum absolute atomic E-state index is 13.2. The van der Waals surface area contributed by atoms with E-state index in [-0.39, 0.29) is 17.8 Å². The quantitative estimate of drug-likeness (QED) is 0.870. The van der Waals surface area contributed by atoms with Gasteiger partial charge in [0.05, 0.1) is 0 Å². The third-order valence-electron chi connectivity index (χ3n) is 5.51. The Labute approximate surface area is 154 Å². The molecule has 6 nitrogen and oxygen atoms in total. The largest absolute Gasteiger partial charge is 0.338 e. The smallest absolute Gasteiger partial charge is 0.280 e. The van der Waals surface area contributed by atoms with Crippen LogP contribution in [0.3, 0.4) is 0 Å². The summed E-state index contributed by atoms with van der Waals surface area (Å²) in [6.07, 6.45) is 4.21. The topological polar surface area (TPSA) is 69.7 Å². The van der Waals surface area contributed by atoms with Crippen molar-refractivity contribution in [1.29, 1.82) is 0 Å². The number of amides is 1. The van der Waals surface area contributed by atoms with Crippen molar-refractivity contribution in [3.05, 3.63) is 35.6 Å². The van der Waals surface area contributed by atoms with Crippen molar-refractivity contribution in [3.63, 3.8) is 0 Å². The van der Waals surface area contributed by atoms with Crippen LogP contribution in [-0.4, -0.2) is 49.2 Å². The van der Waals surface area contributed by atoms with Crippen LogP contribution in [0.4, 0.5) is 4.39 Å². The molecule has 2 aliphatic heterocycles. The van der Waals surface area contributed by atoms with Crippen LogP contribution < -0.4 is 4.72 Å². The van der Waals surface area contributed by atoms with E-state index in [0.29, 0.717) is 18.5 Å². The van der Waals surface area contributed by atoms with Crippen LogP contribution >= 0.6 is 0 Å². The maximum Gasteiger partial charge on any atom is 0.280 e. The minimum absolute atomic E-state index is 0.128. The number of carbonyl (C=O) groups excluding carboxylic acids is 1. The zero-order valence-corrected chi connectivity index (χ0v) is 16.0. The molecule has 0 spiro atoms. The number of likely N-dealkylation sites (N-methyl/N-ethyl adjacent to an activating group) is 1. The Morgan fingerprint density at radius 2 is 1.96 bits per heavy atom. The molecule has 1 aromatic rings. The van der Waals surface area contributed by atoms with Gasteiger partial charge in [-0.2, -0.15) is 17.4 Å². The van der Waals surface area contributed by atoms with Gasteiger partial charge in [0.15, 0.2) is 0 Å². The van der Waals surface area contributed by atoms with Gasteiger partial charge < -0.3 is 4.90 Å². The number of rotatable bonds is 3. The SMILES string of the molecule is CCC1CCCCN1C(=O)[C@H]1C[C@@H](c2ccc(F)cc2)NS(=O)(=O)N1C. The van der Waals surface area contributed by atoms with Crippen molar-refractivity contribution in [1.82, 2.24) is 13.9 Å². The number of likely N-dealkylation sites (tertiary alicyclic amines) is 1. The molecule has 2 heterocycles. The Balaban J connectivity index is 1.86. The Morgan fingerprint density at radius 3 is 2.62 bits per heavy atom. The van der Waals surface area contributed by atoms with Gasteiger partial charge in [-0.1, -0.05) is 19.1 Å². The highest BCUT2D eigenvalue weighted by Gasteiger charge is 2.43. The Morgan fingerprint density at radius 1 is 1.27 bits per heavy atom. The van der Waals surface area contributed by atoms with Gasteiger partial charge in [0.2, 0.25) is 5.91 Å². The molecule has 2 saturated heterocycles. The van der Waals surface area contributed by atoms with E-state index >= 15 is 0 Å². The second kappa shape index (κ2) is 7.62. The summed E-state index contributed by atoms with van der Waals surface area (Å²) in [4.78, 5) is 15.0. The molecule has 3 rings (SSSR count). The lowest BCUT2D eigenvalue weighted by atomic mass is 9.95. The summed E-state index contributed by atoms with van der Waals surface area (Å²) in [5, 5.41) is 0. The van der Waals surface area contributed by atoms with Crippen LogP contribution in [0.15, 0.2) is 24.3 Å². The van der Waals surface area contributed by atoms with Gasteiger partial charge in [-0.15, -0.1) is 0 Å². The third-order valence-corrected chi connectivity index (χ3v) is 7.10. The maximum atomic E-state index is 13.2. The average Bonchev–Trinajstić information content (AvgIpc) is 2.63. The molecule has 1 aromatic carbocycles. The summed E-state index contributed by atoms with van der Waals surface area (Å²) in [7, 11) is -2.34. The number of benzene rings is 1. The number of piperidine rings is 1. The predicted molar refractivity (Wildman–Crippen MR) is 97.0 cm³/mol. The van der Waals surface area contributed by atoms with E-state index in [9.17, 15) is 17.6 Å². The second-order valence-electron chi connectivity index (χ2n) is 7.08. The van der Waals surface area contributed by atoms with Gasteiger partial charge in [-0.25, -0.2) is 4.39 Å². The molecule has 1 N–H and O–H groups in total. The van der Waals surface area contributed by atoms with Crippen molar-refractivity contribution >= 4 is 16.1 Å². The summed E-state index contributed by atoms with van der Waals surface area (Å²) in [5.74, 6) is -0.507. The summed E-state index contributed by atoms with van der Waals surface area (Å²) in [6.45, 7) is 2.73. The first-order valence-corrected chi connectivity index (χ1v) is 10.6. The first-order valence-electron chi connectivity index (χ1n) is 9.14. The number of hydrogen-bond donors (Lipinski definition) is 1. The minimum atomic E-state index is -3.78. The molecule has 1 amide bonds. The third kappa shape index (κ3) is 3.77. The lowest BCUT2D eigenvalue weighted by Crippen LogP contribution is -2.59. The Hall–Kier alpha value is -1.51. The molecule has 0 aromatic heterocycles. The highest BCUT2D eigenvalue weighted by Crippen LogP contribution is 2.30. The molecule has 144 valence electrons. The standard InChI is InChI=1S/C18H26FN3O3S/c1-3-15-6-4-5-11-22(15)18(23)17-12-16(20-26(24,25)21(17)2)13-7-9-14(19)10-8-13/h7-10,15-17,20H,3-6,11-12H2,1-2H3/t15?,16-,17+/m0/s1. The van der Waals surface area contributed by atoms with E-state index in [2.05, 4.69) is 11.6 Å². The lowest BCUT2D eigenvalue weighted by Gasteiger charge is -2.42. The van der Waals surface area contributed by atoms with Crippen molar-refractivity contribution in [3.8, 4) is 0 Å². The summed E-state index contributed by atoms with van der Waals surface area (Å²) >= 11 is 0. The molecule has 0 radical (unpaired) electrons. The van der Waals surface area contributed by atoms with Crippen LogP contribution in [0.2, 0.25) is 0 Å². The number of carbonyl (C=O) groups is 1. The van der Waals surface area contributed by atoms with Gasteiger partial charge >= 0.3 is 0 Å². The van der Waals surface area contributed by atoms with E-state index in [0.717, 1.165) is 30.0 Å². The number of nitrogens with one attached hydrogen (secondary N) is 1. The number of nitrogens with zero attached hydrogens (tertiary/aromatic N) is 2. The number of hydrogen-bond acceptors (Lipinski definition) is 3. The molecule has 8 heteroatoms. The van der Waals surface area contributed by atoms with E-state index < -0.39 is 22.3 Å². The summed E-state index contributed by atoms with van der Waals surface area (Å²) < 4.78 is 42.0. The first kappa shape index (κ1) is 19.3. The van der Waals surface area contributed by atoms with Crippen LogP contribution in [-0.2, 0) is 15.0 Å². The zero-order chi connectivity index (χ0) is 18.9. The van der Waals surface area contributed by atoms with Crippen molar-refractivity contribution < 1.29 is 17.6 Å². The lowest BCUT2D eigenvalue weighted by molar-refractivity contribution is -0.139. The van der Waals surface area contributed by atoms with Gasteiger partial charge in [0, 0.05) is 25.7 Å². The van der Waals surface area contributed by atoms with Crippen molar-refractivity contribution in [2.75, 3.05) is 13.6 Å². The molecule has 0 bridgehead atoms. The fourth-order valence-corrected chi connectivity index (χ4v) is 5.18. The molecular weight excluding hydrogens is 357 g/mol. The van der Waals surface area contributed by atoms with Gasteiger partial charge in [-0.3, -0.25) is 4.79 Å². The van der Waals surface area contributed by atoms with E-state index in [1.165, 1.54) is 19.2 Å². The molecule has 0 aliphatic carbocycles. The highest BCUT2D eigenvalue weighted by atomic mass is 32.2. The van der Waals surface area contributed by atoms with Crippen molar-refractivity contribution in [2.45, 2.75) is 57.2 Å². The summed E-state index contributed by atoms with van der Waals surface area (Å²) in [5.41, 5.74) is 0.659. The average molecular weight is 383 g/mol. The molecule has 2 aliphatic rings. The summed E-state index contributed by atoms with van der Waals surface area (Å²) in [6, 6.07) is 4.61. The Kier molecular flexibility index (Phi) is 5.64. The monoisotopic (exact) mass is 383 g/mol. The molecule has 1 unspecified atom stereocenters. The van der Waals surface area contributed by atoms with Crippen molar-refractivity contribution in [2.24, 2.45) is 0 Å². The Bertz CT molecular complexity index is 753. The normalized spacial score (nSPS) is 29.5. The molecule has 26 heavy (non-hydrogen) atoms. The van der Waals surface area contributed by atoms with Crippen LogP contribution in [0.1, 0.15) is 50.6 Å². The molecule has 2 fully saturated rings. The van der Waals surface area contributed by atoms with Crippen LogP contribution in [0, 0.1) is 5.82 Å². The molecule has 3 atom stereocenters. The molecular formula is C18H26FN3O3S. The number of halogens is 1. The van der Waals surface area contributed by atoms with Gasteiger partial charge in [0.1, 0.15) is 11.9 Å². The van der Waals surface area contributed by atoms with Gasteiger partial charge in [0.25, 0.3) is 10.2 Å². The van der Waals surface area contributed by atoms with Crippen LogP contribution in [0.5, 0.6) is 0 Å². The minimum Gasteiger partial charge on any atom is -0.338 e. The zero-order valence-electron chi connectivity index (χ0n) is 15.2. The predicted octanol–water partition coefficient (Wildman–Crippen LogP) is 2.20. The van der Waals surface area contributed by atoms with E-state index in [1.54, 1.807) is 12.1 Å². The fourth-order valence-electron chi connectivity index (χ4n) is 3.91. The van der Waals surface area contributed by atoms with E-state index in [1.807, 2.05) is 4.90 Å². The van der Waals surface area contributed by atoms with Crippen LogP contribution in [0.25, 0.3) is 0 Å². The fraction of sp³-hybridized carbons (Fsp3) is 0.611. The second-order valence-corrected chi connectivity index (χ2v) is 8.85. The molecule has 0 saturated carbocycles. The first-order chi connectivity index (χ1) is 12.3. The van der Waals surface area contributed by atoms with Gasteiger partial charge in [-0.05, 0) is 49.8 Å². The van der Waals surface area contributed by atoms with E-state index in [4.69, 9.17) is 0 Å².